The molecule has 0 aliphatic carbocycles. The van der Waals surface area contributed by atoms with Gasteiger partial charge in [-0.15, -0.1) is 5.10 Å². The van der Waals surface area contributed by atoms with Gasteiger partial charge in [0.15, 0.2) is 0 Å². The van der Waals surface area contributed by atoms with Crippen molar-refractivity contribution < 1.29 is 14.7 Å². The van der Waals surface area contributed by atoms with E-state index in [9.17, 15) is 9.59 Å². The summed E-state index contributed by atoms with van der Waals surface area (Å²) in [5.41, 5.74) is -1.53. The molecule has 0 saturated heterocycles. The Morgan fingerprint density at radius 2 is 2.07 bits per heavy atom. The normalized spacial score (nSPS) is 11.1. The zero-order chi connectivity index (χ0) is 11.6. The van der Waals surface area contributed by atoms with E-state index in [2.05, 4.69) is 20.7 Å². The van der Waals surface area contributed by atoms with Gasteiger partial charge in [0.05, 0.1) is 7.05 Å². The smallest absolute Gasteiger partial charge is 0.318 e. The molecule has 0 aromatic carbocycles. The number of nitrogens with one attached hydrogen (secondary N) is 1. The van der Waals surface area contributed by atoms with Gasteiger partial charge < -0.3 is 5.11 Å². The van der Waals surface area contributed by atoms with Gasteiger partial charge in [-0.05, 0) is 19.1 Å². The molecule has 0 unspecified atom stereocenters. The van der Waals surface area contributed by atoms with Gasteiger partial charge >= 0.3 is 5.97 Å². The quantitative estimate of drug-likeness (QED) is 0.640. The van der Waals surface area contributed by atoms with Crippen LogP contribution in [0.5, 0.6) is 0 Å². The first-order valence-electron chi connectivity index (χ1n) is 4.13. The van der Waals surface area contributed by atoms with Gasteiger partial charge in [0.1, 0.15) is 5.41 Å². The third kappa shape index (κ3) is 2.27. The molecule has 2 N–H and O–H groups in total. The Labute approximate surface area is 85.3 Å². The molecule has 0 radical (unpaired) electrons. The number of hydrogen-bond acceptors (Lipinski definition) is 5. The fourth-order valence-electron chi connectivity index (χ4n) is 0.689. The number of nitrogens with zero attached hydrogens (tertiary/aromatic N) is 4. The number of anilines is 1. The van der Waals surface area contributed by atoms with E-state index in [0.717, 1.165) is 4.80 Å². The van der Waals surface area contributed by atoms with E-state index >= 15 is 0 Å². The molecule has 1 aromatic rings. The number of rotatable bonds is 3. The van der Waals surface area contributed by atoms with Crippen LogP contribution in [0.2, 0.25) is 0 Å². The van der Waals surface area contributed by atoms with Gasteiger partial charge in [-0.1, -0.05) is 5.10 Å². The lowest BCUT2D eigenvalue weighted by molar-refractivity contribution is -0.151. The minimum atomic E-state index is -1.53. The van der Waals surface area contributed by atoms with Gasteiger partial charge in [0, 0.05) is 0 Å². The molecular weight excluding hydrogens is 202 g/mol. The van der Waals surface area contributed by atoms with E-state index in [4.69, 9.17) is 5.11 Å². The lowest BCUT2D eigenvalue weighted by atomic mass is 9.93. The van der Waals surface area contributed by atoms with Crippen LogP contribution in [0.1, 0.15) is 13.8 Å². The molecular formula is C7H11N5O3. The maximum absolute atomic E-state index is 11.5. The highest BCUT2D eigenvalue weighted by atomic mass is 16.4. The van der Waals surface area contributed by atoms with Crippen molar-refractivity contribution in [1.82, 2.24) is 20.2 Å². The predicted molar refractivity (Wildman–Crippen MR) is 48.8 cm³/mol. The van der Waals surface area contributed by atoms with Gasteiger partial charge in [-0.3, -0.25) is 14.9 Å². The van der Waals surface area contributed by atoms with Crippen molar-refractivity contribution in [2.45, 2.75) is 13.8 Å². The highest BCUT2D eigenvalue weighted by Crippen LogP contribution is 2.16. The van der Waals surface area contributed by atoms with Crippen LogP contribution in [0, 0.1) is 5.41 Å². The summed E-state index contributed by atoms with van der Waals surface area (Å²) in [5, 5.41) is 21.7. The number of carboxylic acids is 1. The van der Waals surface area contributed by atoms with Crippen LogP contribution < -0.4 is 5.32 Å². The molecule has 0 spiro atoms. The number of carboxylic acid groups (broad SMARTS) is 1. The Kier molecular flexibility index (Phi) is 2.69. The van der Waals surface area contributed by atoms with E-state index in [1.54, 1.807) is 0 Å². The molecule has 15 heavy (non-hydrogen) atoms. The van der Waals surface area contributed by atoms with Crippen LogP contribution in [0.25, 0.3) is 0 Å². The lowest BCUT2D eigenvalue weighted by Crippen LogP contribution is -2.38. The van der Waals surface area contributed by atoms with Crippen LogP contribution in [0.4, 0.5) is 5.95 Å². The average Bonchev–Trinajstić information content (AvgIpc) is 2.50. The molecule has 0 aliphatic heterocycles. The van der Waals surface area contributed by atoms with Crippen molar-refractivity contribution in [2.24, 2.45) is 12.5 Å². The second-order valence-electron chi connectivity index (χ2n) is 3.49. The number of tetrazole rings is 1. The number of aromatic nitrogens is 4. The van der Waals surface area contributed by atoms with Gasteiger partial charge in [-0.2, -0.15) is 4.80 Å². The summed E-state index contributed by atoms with van der Waals surface area (Å²) in [7, 11) is 1.53. The highest BCUT2D eigenvalue weighted by molar-refractivity contribution is 6.06. The molecule has 8 heteroatoms. The molecule has 0 atom stereocenters. The molecule has 0 aliphatic rings. The molecule has 1 aromatic heterocycles. The topological polar surface area (TPSA) is 110 Å². The summed E-state index contributed by atoms with van der Waals surface area (Å²) in [6.07, 6.45) is 0. The van der Waals surface area contributed by atoms with E-state index in [0.29, 0.717) is 0 Å². The molecule has 1 amide bonds. The van der Waals surface area contributed by atoms with Crippen LogP contribution in [0.15, 0.2) is 0 Å². The van der Waals surface area contributed by atoms with E-state index in [1.807, 2.05) is 0 Å². The zero-order valence-electron chi connectivity index (χ0n) is 8.55. The summed E-state index contributed by atoms with van der Waals surface area (Å²) >= 11 is 0. The SMILES string of the molecule is Cn1nnc(NC(=O)C(C)(C)C(=O)O)n1. The van der Waals surface area contributed by atoms with Crippen LogP contribution in [-0.4, -0.2) is 37.2 Å². The molecule has 82 valence electrons. The minimum absolute atomic E-state index is 0.0168. The van der Waals surface area contributed by atoms with Crippen LogP contribution in [0.3, 0.4) is 0 Å². The van der Waals surface area contributed by atoms with E-state index < -0.39 is 17.3 Å². The molecule has 1 rings (SSSR count). The third-order valence-electron chi connectivity index (χ3n) is 1.84. The number of amides is 1. The summed E-state index contributed by atoms with van der Waals surface area (Å²) in [4.78, 5) is 23.4. The first kappa shape index (κ1) is 11.1. The van der Waals surface area contributed by atoms with Crippen molar-refractivity contribution in [3.05, 3.63) is 0 Å². The van der Waals surface area contributed by atoms with Crippen LogP contribution >= 0.6 is 0 Å². The Bertz CT molecular complexity index is 397. The second kappa shape index (κ2) is 3.64. The maximum atomic E-state index is 11.5. The Balaban J connectivity index is 2.76. The van der Waals surface area contributed by atoms with Crippen molar-refractivity contribution in [1.29, 1.82) is 0 Å². The van der Waals surface area contributed by atoms with Crippen molar-refractivity contribution >= 4 is 17.8 Å². The van der Waals surface area contributed by atoms with Crippen LogP contribution in [-0.2, 0) is 16.6 Å². The molecule has 0 saturated carbocycles. The fraction of sp³-hybridized carbons (Fsp3) is 0.571. The maximum Gasteiger partial charge on any atom is 0.318 e. The summed E-state index contributed by atoms with van der Waals surface area (Å²) in [5.74, 6) is -1.93. The summed E-state index contributed by atoms with van der Waals surface area (Å²) in [6.45, 7) is 2.59. The summed E-state index contributed by atoms with van der Waals surface area (Å²) < 4.78 is 0. The number of carbonyl (C=O) groups excluding carboxylic acids is 1. The number of aliphatic carboxylic acids is 1. The number of hydrogen-bond donors (Lipinski definition) is 2. The standard InChI is InChI=1S/C7H11N5O3/c1-7(2,5(14)15)4(13)8-6-9-11-12(3)10-6/h1-3H3,(H,14,15)(H,8,10,13). The molecule has 1 heterocycles. The van der Waals surface area contributed by atoms with E-state index in [1.165, 1.54) is 20.9 Å². The monoisotopic (exact) mass is 213 g/mol. The molecule has 8 nitrogen and oxygen atoms in total. The Morgan fingerprint density at radius 3 is 2.47 bits per heavy atom. The zero-order valence-corrected chi connectivity index (χ0v) is 8.55. The summed E-state index contributed by atoms with van der Waals surface area (Å²) in [6, 6.07) is 0. The van der Waals surface area contributed by atoms with Crippen molar-refractivity contribution in [3.63, 3.8) is 0 Å². The Morgan fingerprint density at radius 1 is 1.47 bits per heavy atom. The second-order valence-corrected chi connectivity index (χ2v) is 3.49. The lowest BCUT2D eigenvalue weighted by Gasteiger charge is -2.16. The minimum Gasteiger partial charge on any atom is -0.480 e. The highest BCUT2D eigenvalue weighted by Gasteiger charge is 2.36. The van der Waals surface area contributed by atoms with Crippen molar-refractivity contribution in [2.75, 3.05) is 5.32 Å². The fourth-order valence-corrected chi connectivity index (χ4v) is 0.689. The molecule has 0 fully saturated rings. The van der Waals surface area contributed by atoms with E-state index in [-0.39, 0.29) is 5.95 Å². The molecule has 0 bridgehead atoms. The van der Waals surface area contributed by atoms with Crippen molar-refractivity contribution in [3.8, 4) is 0 Å². The first-order chi connectivity index (χ1) is 6.84. The van der Waals surface area contributed by atoms with Gasteiger partial charge in [0.25, 0.3) is 5.95 Å². The third-order valence-corrected chi connectivity index (χ3v) is 1.84. The predicted octanol–water partition coefficient (Wildman–Crippen LogP) is -0.741. The largest absolute Gasteiger partial charge is 0.480 e. The first-order valence-corrected chi connectivity index (χ1v) is 4.13. The van der Waals surface area contributed by atoms with Gasteiger partial charge in [0.2, 0.25) is 5.91 Å². The number of aryl methyl sites for hydroxylation is 1. The Hall–Kier alpha value is -1.99. The number of carbonyl (C=O) groups is 2. The van der Waals surface area contributed by atoms with Gasteiger partial charge in [-0.25, -0.2) is 0 Å². The average molecular weight is 213 g/mol.